The summed E-state index contributed by atoms with van der Waals surface area (Å²) in [6, 6.07) is 9.21. The molecule has 0 fully saturated rings. The number of nitrogens with two attached hydrogens (primary N) is 1. The van der Waals surface area contributed by atoms with E-state index in [0.29, 0.717) is 5.69 Å². The molecule has 0 heterocycles. The van der Waals surface area contributed by atoms with Gasteiger partial charge in [0.2, 0.25) is 0 Å². The van der Waals surface area contributed by atoms with Gasteiger partial charge < -0.3 is 15.8 Å². The van der Waals surface area contributed by atoms with Crippen molar-refractivity contribution in [3.63, 3.8) is 0 Å². The molecule has 2 rings (SSSR count). The minimum atomic E-state index is -0.644. The first kappa shape index (κ1) is 17.4. The Balaban J connectivity index is 2.04. The van der Waals surface area contributed by atoms with Gasteiger partial charge in [0.15, 0.2) is 6.61 Å². The molecular formula is C15H11Cl3N2O3. The summed E-state index contributed by atoms with van der Waals surface area (Å²) in [6.45, 7) is -0.329. The maximum absolute atomic E-state index is 11.9. The van der Waals surface area contributed by atoms with Crippen LogP contribution in [0.4, 0.5) is 5.69 Å². The largest absolute Gasteiger partial charge is 0.482 e. The molecule has 8 heteroatoms. The number of para-hydroxylation sites is 1. The van der Waals surface area contributed by atoms with Gasteiger partial charge in [0, 0.05) is 6.07 Å². The van der Waals surface area contributed by atoms with E-state index in [-0.39, 0.29) is 33.0 Å². The van der Waals surface area contributed by atoms with Crippen LogP contribution in [0.1, 0.15) is 10.4 Å². The average Bonchev–Trinajstić information content (AvgIpc) is 2.50. The number of ether oxygens (including phenoxy) is 1. The minimum absolute atomic E-state index is 0.202. The molecule has 0 aliphatic heterocycles. The number of rotatable bonds is 5. The number of primary amides is 1. The highest BCUT2D eigenvalue weighted by Crippen LogP contribution is 2.33. The predicted molar refractivity (Wildman–Crippen MR) is 90.6 cm³/mol. The Morgan fingerprint density at radius 1 is 1.04 bits per heavy atom. The normalized spacial score (nSPS) is 10.2. The first-order chi connectivity index (χ1) is 10.9. The molecule has 0 unspecified atom stereocenters. The molecule has 2 aromatic rings. The zero-order chi connectivity index (χ0) is 17.0. The van der Waals surface area contributed by atoms with Crippen LogP contribution in [-0.2, 0) is 4.79 Å². The lowest BCUT2D eigenvalue weighted by Crippen LogP contribution is -2.23. The molecule has 5 nitrogen and oxygen atoms in total. The van der Waals surface area contributed by atoms with Gasteiger partial charge in [-0.3, -0.25) is 9.59 Å². The van der Waals surface area contributed by atoms with E-state index in [2.05, 4.69) is 5.32 Å². The first-order valence-corrected chi connectivity index (χ1v) is 7.48. The lowest BCUT2D eigenvalue weighted by molar-refractivity contribution is -0.118. The Kier molecular flexibility index (Phi) is 5.71. The molecular weight excluding hydrogens is 363 g/mol. The summed E-state index contributed by atoms with van der Waals surface area (Å²) < 4.78 is 5.30. The number of benzene rings is 2. The molecule has 0 atom stereocenters. The van der Waals surface area contributed by atoms with Gasteiger partial charge in [0.05, 0.1) is 26.3 Å². The van der Waals surface area contributed by atoms with E-state index in [1.165, 1.54) is 18.2 Å². The van der Waals surface area contributed by atoms with E-state index in [4.69, 9.17) is 45.3 Å². The van der Waals surface area contributed by atoms with Crippen molar-refractivity contribution in [3.05, 3.63) is 57.0 Å². The van der Waals surface area contributed by atoms with E-state index in [1.807, 2.05) is 0 Å². The van der Waals surface area contributed by atoms with Crippen LogP contribution in [0.2, 0.25) is 15.1 Å². The predicted octanol–water partition coefficient (Wildman–Crippen LogP) is 3.76. The van der Waals surface area contributed by atoms with Gasteiger partial charge in [-0.2, -0.15) is 0 Å². The summed E-state index contributed by atoms with van der Waals surface area (Å²) in [7, 11) is 0. The van der Waals surface area contributed by atoms with Crippen LogP contribution in [0.25, 0.3) is 0 Å². The zero-order valence-corrected chi connectivity index (χ0v) is 13.9. The molecule has 3 N–H and O–H groups in total. The molecule has 120 valence electrons. The number of nitrogens with one attached hydrogen (secondary N) is 1. The second kappa shape index (κ2) is 7.55. The Bertz CT molecular complexity index is 766. The van der Waals surface area contributed by atoms with E-state index in [9.17, 15) is 9.59 Å². The highest BCUT2D eigenvalue weighted by Gasteiger charge is 2.12. The molecule has 23 heavy (non-hydrogen) atoms. The van der Waals surface area contributed by atoms with Gasteiger partial charge in [-0.25, -0.2) is 0 Å². The quantitative estimate of drug-likeness (QED) is 0.783. The van der Waals surface area contributed by atoms with Crippen LogP contribution in [0.15, 0.2) is 36.4 Å². The summed E-state index contributed by atoms with van der Waals surface area (Å²) in [4.78, 5) is 23.2. The number of anilines is 1. The number of carbonyl (C=O) groups excluding carboxylic acids is 2. The van der Waals surface area contributed by atoms with Crippen molar-refractivity contribution < 1.29 is 14.3 Å². The molecule has 0 bridgehead atoms. The summed E-state index contributed by atoms with van der Waals surface area (Å²) in [6.07, 6.45) is 0. The Labute approximate surface area is 147 Å². The Morgan fingerprint density at radius 3 is 2.39 bits per heavy atom. The summed E-state index contributed by atoms with van der Waals surface area (Å²) in [5.74, 6) is -0.908. The number of carbonyl (C=O) groups is 2. The SMILES string of the molecule is NC(=O)c1ccccc1NC(=O)COc1cc(Cl)c(Cl)cc1Cl. The number of hydrogen-bond acceptors (Lipinski definition) is 3. The maximum atomic E-state index is 11.9. The van der Waals surface area contributed by atoms with Crippen LogP contribution in [-0.4, -0.2) is 18.4 Å². The second-order valence-electron chi connectivity index (χ2n) is 4.44. The van der Waals surface area contributed by atoms with E-state index >= 15 is 0 Å². The number of hydrogen-bond donors (Lipinski definition) is 2. The number of halogens is 3. The van der Waals surface area contributed by atoms with Crippen molar-refractivity contribution >= 4 is 52.3 Å². The van der Waals surface area contributed by atoms with Crippen LogP contribution in [0.3, 0.4) is 0 Å². The lowest BCUT2D eigenvalue weighted by atomic mass is 10.1. The fourth-order valence-electron chi connectivity index (χ4n) is 1.75. The Hall–Kier alpha value is -1.95. The number of amides is 2. The van der Waals surface area contributed by atoms with Crippen LogP contribution in [0, 0.1) is 0 Å². The maximum Gasteiger partial charge on any atom is 0.262 e. The summed E-state index contributed by atoms with van der Waals surface area (Å²) >= 11 is 17.6. The fourth-order valence-corrected chi connectivity index (χ4v) is 2.34. The monoisotopic (exact) mass is 372 g/mol. The smallest absolute Gasteiger partial charge is 0.262 e. The zero-order valence-electron chi connectivity index (χ0n) is 11.6. The van der Waals surface area contributed by atoms with Crippen molar-refractivity contribution in [2.24, 2.45) is 5.73 Å². The van der Waals surface area contributed by atoms with E-state index in [0.717, 1.165) is 0 Å². The van der Waals surface area contributed by atoms with Crippen LogP contribution < -0.4 is 15.8 Å². The summed E-state index contributed by atoms with van der Waals surface area (Å²) in [5.41, 5.74) is 5.74. The van der Waals surface area contributed by atoms with Crippen LogP contribution in [0.5, 0.6) is 5.75 Å². The molecule has 0 radical (unpaired) electrons. The van der Waals surface area contributed by atoms with E-state index < -0.39 is 11.8 Å². The summed E-state index contributed by atoms with van der Waals surface area (Å²) in [5, 5.41) is 3.30. The van der Waals surface area contributed by atoms with Gasteiger partial charge in [-0.1, -0.05) is 46.9 Å². The van der Waals surface area contributed by atoms with Gasteiger partial charge in [0.25, 0.3) is 11.8 Å². The molecule has 2 aromatic carbocycles. The van der Waals surface area contributed by atoms with Crippen molar-refractivity contribution in [2.75, 3.05) is 11.9 Å². The second-order valence-corrected chi connectivity index (χ2v) is 5.67. The third kappa shape index (κ3) is 4.51. The average molecular weight is 374 g/mol. The molecule has 0 aliphatic carbocycles. The van der Waals surface area contributed by atoms with Crippen molar-refractivity contribution in [1.82, 2.24) is 0 Å². The van der Waals surface area contributed by atoms with Crippen molar-refractivity contribution in [1.29, 1.82) is 0 Å². The lowest BCUT2D eigenvalue weighted by Gasteiger charge is -2.11. The highest BCUT2D eigenvalue weighted by atomic mass is 35.5. The molecule has 0 aromatic heterocycles. The molecule has 0 saturated carbocycles. The Morgan fingerprint density at radius 2 is 1.70 bits per heavy atom. The van der Waals surface area contributed by atoms with Crippen LogP contribution >= 0.6 is 34.8 Å². The van der Waals surface area contributed by atoms with E-state index in [1.54, 1.807) is 18.2 Å². The van der Waals surface area contributed by atoms with Gasteiger partial charge >= 0.3 is 0 Å². The first-order valence-electron chi connectivity index (χ1n) is 6.34. The molecule has 0 spiro atoms. The topological polar surface area (TPSA) is 81.4 Å². The van der Waals surface area contributed by atoms with Gasteiger partial charge in [0.1, 0.15) is 5.75 Å². The fraction of sp³-hybridized carbons (Fsp3) is 0.0667. The molecule has 2 amide bonds. The molecule has 0 aliphatic rings. The third-order valence-corrected chi connectivity index (χ3v) is 3.82. The highest BCUT2D eigenvalue weighted by molar-refractivity contribution is 6.43. The van der Waals surface area contributed by atoms with Crippen molar-refractivity contribution in [2.45, 2.75) is 0 Å². The molecule has 0 saturated heterocycles. The van der Waals surface area contributed by atoms with Gasteiger partial charge in [-0.15, -0.1) is 0 Å². The minimum Gasteiger partial charge on any atom is -0.482 e. The standard InChI is InChI=1S/C15H11Cl3N2O3/c16-9-5-11(18)13(6-10(9)17)23-7-14(21)20-12-4-2-1-3-8(12)15(19)22/h1-6H,7H2,(H2,19,22)(H,20,21). The van der Waals surface area contributed by atoms with Gasteiger partial charge in [-0.05, 0) is 18.2 Å². The van der Waals surface area contributed by atoms with Crippen molar-refractivity contribution in [3.8, 4) is 5.75 Å². The third-order valence-electron chi connectivity index (χ3n) is 2.80.